The third kappa shape index (κ3) is 5.73. The van der Waals surface area contributed by atoms with E-state index in [2.05, 4.69) is 24.3 Å². The van der Waals surface area contributed by atoms with Crippen molar-refractivity contribution in [2.75, 3.05) is 19.9 Å². The number of amidine groups is 1. The lowest BCUT2D eigenvalue weighted by molar-refractivity contribution is -0.402. The fourth-order valence-electron chi connectivity index (χ4n) is 4.38. The van der Waals surface area contributed by atoms with Gasteiger partial charge in [0.05, 0.1) is 6.10 Å². The molecule has 3 aliphatic heterocycles. The maximum Gasteiger partial charge on any atom is 0.416 e. The number of thioether (sulfide) groups is 2. The van der Waals surface area contributed by atoms with Crippen molar-refractivity contribution in [2.45, 2.75) is 94.1 Å². The van der Waals surface area contributed by atoms with Gasteiger partial charge >= 0.3 is 6.09 Å². The molecule has 0 saturated carbocycles. The van der Waals surface area contributed by atoms with Crippen LogP contribution < -0.4 is 0 Å². The average molecular weight is 539 g/mol. The Bertz CT molecular complexity index is 969. The van der Waals surface area contributed by atoms with Crippen LogP contribution in [0, 0.1) is 0 Å². The van der Waals surface area contributed by atoms with Crippen LogP contribution in [0.25, 0.3) is 0 Å². The molecule has 4 rings (SSSR count). The van der Waals surface area contributed by atoms with E-state index in [1.54, 1.807) is 25.9 Å². The van der Waals surface area contributed by atoms with E-state index in [-0.39, 0.29) is 29.8 Å². The van der Waals surface area contributed by atoms with Crippen LogP contribution in [0.4, 0.5) is 4.79 Å². The molecule has 0 N–H and O–H groups in total. The van der Waals surface area contributed by atoms with Gasteiger partial charge < -0.3 is 23.7 Å². The Morgan fingerprint density at radius 2 is 1.86 bits per heavy atom. The highest BCUT2D eigenvalue weighted by molar-refractivity contribution is 8.14. The van der Waals surface area contributed by atoms with E-state index in [1.165, 1.54) is 22.2 Å². The number of benzene rings is 1. The molecule has 0 radical (unpaired) electrons. The number of aliphatic imine (C=N–C) groups is 1. The number of carbonyl (C=O) groups excluding carboxylic acids is 1. The molecule has 0 aliphatic carbocycles. The zero-order chi connectivity index (χ0) is 26.3. The molecule has 0 aromatic heterocycles. The molecule has 0 unspecified atom stereocenters. The molecule has 3 aliphatic rings. The van der Waals surface area contributed by atoms with E-state index in [0.29, 0.717) is 5.17 Å². The van der Waals surface area contributed by atoms with E-state index >= 15 is 0 Å². The number of nitrogens with zero attached hydrogens (tertiary/aromatic N) is 2. The first-order valence-corrected chi connectivity index (χ1v) is 14.3. The monoisotopic (exact) mass is 538 g/mol. The molecule has 36 heavy (non-hydrogen) atoms. The molecule has 1 aromatic rings. The van der Waals surface area contributed by atoms with Crippen molar-refractivity contribution in [1.29, 1.82) is 0 Å². The van der Waals surface area contributed by atoms with E-state index < -0.39 is 23.1 Å². The third-order valence-electron chi connectivity index (χ3n) is 6.72. The van der Waals surface area contributed by atoms with Crippen LogP contribution >= 0.6 is 23.5 Å². The Kier molecular flexibility index (Phi) is 8.05. The van der Waals surface area contributed by atoms with E-state index in [1.807, 2.05) is 47.6 Å². The van der Waals surface area contributed by atoms with Crippen molar-refractivity contribution in [3.05, 3.63) is 35.9 Å². The Morgan fingerprint density at radius 1 is 1.17 bits per heavy atom. The highest BCUT2D eigenvalue weighted by Gasteiger charge is 2.61. The van der Waals surface area contributed by atoms with Gasteiger partial charge in [-0.25, -0.2) is 4.79 Å². The molecule has 200 valence electrons. The zero-order valence-corrected chi connectivity index (χ0v) is 24.0. The highest BCUT2D eigenvalue weighted by Crippen LogP contribution is 2.48. The first kappa shape index (κ1) is 27.7. The molecule has 3 heterocycles. The number of rotatable bonds is 5. The van der Waals surface area contributed by atoms with Gasteiger partial charge in [0.1, 0.15) is 34.9 Å². The maximum absolute atomic E-state index is 12.7. The average Bonchev–Trinajstić information content (AvgIpc) is 3.23. The van der Waals surface area contributed by atoms with E-state index in [0.717, 1.165) is 11.5 Å². The van der Waals surface area contributed by atoms with Gasteiger partial charge in [0.25, 0.3) is 0 Å². The van der Waals surface area contributed by atoms with Crippen molar-refractivity contribution >= 4 is 34.8 Å². The van der Waals surface area contributed by atoms with Gasteiger partial charge in [0, 0.05) is 25.7 Å². The number of carbonyl (C=O) groups is 1. The summed E-state index contributed by atoms with van der Waals surface area (Å²) in [6.45, 7) is 11.4. The van der Waals surface area contributed by atoms with Crippen LogP contribution in [0.1, 0.15) is 47.1 Å². The van der Waals surface area contributed by atoms with Gasteiger partial charge in [-0.1, -0.05) is 42.1 Å². The molecule has 1 amide bonds. The summed E-state index contributed by atoms with van der Waals surface area (Å²) in [6, 6.07) is 10.0. The number of fused-ring (bicyclic) bond motifs is 3. The molecular formula is C26H38N2O6S2. The number of hydrogen-bond acceptors (Lipinski definition) is 9. The first-order chi connectivity index (χ1) is 16.8. The molecular weight excluding hydrogens is 500 g/mol. The van der Waals surface area contributed by atoms with Gasteiger partial charge in [-0.05, 0) is 47.1 Å². The predicted molar refractivity (Wildman–Crippen MR) is 143 cm³/mol. The lowest BCUT2D eigenvalue weighted by Gasteiger charge is -2.56. The largest absolute Gasteiger partial charge is 0.443 e. The van der Waals surface area contributed by atoms with Gasteiger partial charge in [-0.3, -0.25) is 9.89 Å². The first-order valence-electron chi connectivity index (χ1n) is 12.2. The van der Waals surface area contributed by atoms with Crippen LogP contribution in [0.2, 0.25) is 0 Å². The molecule has 2 fully saturated rings. The Balaban J connectivity index is 1.54. The molecule has 2 saturated heterocycles. The van der Waals surface area contributed by atoms with E-state index in [4.69, 9.17) is 28.7 Å². The van der Waals surface area contributed by atoms with Crippen molar-refractivity contribution < 1.29 is 28.5 Å². The zero-order valence-electron chi connectivity index (χ0n) is 22.3. The SMILES string of the molecule is CO[C@@]1(C)O[C@@H]2[C@H]3N=C(N(C)C(=O)OC(C)(C)C)S[C@H]3O[C@H](CSCc3ccccc3)[C@H]2OC1(C)C. The normalized spacial score (nSPS) is 33.3. The summed E-state index contributed by atoms with van der Waals surface area (Å²) in [5.74, 6) is 0.653. The topological polar surface area (TPSA) is 78.8 Å². The molecule has 0 spiro atoms. The van der Waals surface area contributed by atoms with E-state index in [9.17, 15) is 4.79 Å². The number of hydrogen-bond donors (Lipinski definition) is 0. The summed E-state index contributed by atoms with van der Waals surface area (Å²) in [4.78, 5) is 19.0. The fourth-order valence-corrected chi connectivity index (χ4v) is 6.61. The smallest absolute Gasteiger partial charge is 0.416 e. The fraction of sp³-hybridized carbons (Fsp3) is 0.692. The maximum atomic E-state index is 12.7. The second kappa shape index (κ2) is 10.5. The number of ether oxygens (including phenoxy) is 5. The minimum atomic E-state index is -0.961. The van der Waals surface area contributed by atoms with Crippen molar-refractivity contribution in [3.63, 3.8) is 0 Å². The van der Waals surface area contributed by atoms with Crippen molar-refractivity contribution in [1.82, 2.24) is 4.90 Å². The number of amides is 1. The minimum absolute atomic E-state index is 0.209. The van der Waals surface area contributed by atoms with Gasteiger partial charge in [0.2, 0.25) is 0 Å². The lowest BCUT2D eigenvalue weighted by atomic mass is 9.90. The van der Waals surface area contributed by atoms with Crippen molar-refractivity contribution in [3.8, 4) is 0 Å². The Hall–Kier alpha value is -1.30. The van der Waals surface area contributed by atoms with Crippen LogP contribution in [-0.4, -0.2) is 82.9 Å². The Morgan fingerprint density at radius 3 is 2.50 bits per heavy atom. The van der Waals surface area contributed by atoms with Gasteiger partial charge in [0.15, 0.2) is 11.0 Å². The predicted octanol–water partition coefficient (Wildman–Crippen LogP) is 4.91. The second-order valence-corrected chi connectivity index (χ2v) is 13.0. The standard InChI is InChI=1S/C26H38N2O6S2/c1-24(2,3)34-23(29)28(7)22-27-18-20-19(32-25(4,5)26(6,30-8)33-20)17(31-21(18)36-22)15-35-14-16-12-10-9-11-13-16/h9-13,17-21H,14-15H2,1-8H3/t17-,18-,19-,20-,21-,26+/m1/s1. The summed E-state index contributed by atoms with van der Waals surface area (Å²) in [5, 5.41) is 0.545. The summed E-state index contributed by atoms with van der Waals surface area (Å²) < 4.78 is 31.2. The van der Waals surface area contributed by atoms with Crippen LogP contribution in [0.15, 0.2) is 35.3 Å². The van der Waals surface area contributed by atoms with Gasteiger partial charge in [-0.15, -0.1) is 0 Å². The van der Waals surface area contributed by atoms with Crippen LogP contribution in [-0.2, 0) is 29.4 Å². The number of methoxy groups -OCH3 is 1. The van der Waals surface area contributed by atoms with Gasteiger partial charge in [-0.2, -0.15) is 11.8 Å². The molecule has 0 bridgehead atoms. The third-order valence-corrected chi connectivity index (χ3v) is 9.03. The Labute approximate surface area is 222 Å². The van der Waals surface area contributed by atoms with Crippen LogP contribution in [0.5, 0.6) is 0 Å². The molecule has 10 heteroatoms. The summed E-state index contributed by atoms with van der Waals surface area (Å²) >= 11 is 3.23. The second-order valence-electron chi connectivity index (χ2n) is 10.9. The quantitative estimate of drug-likeness (QED) is 0.523. The lowest BCUT2D eigenvalue weighted by Crippen LogP contribution is -2.70. The van der Waals surface area contributed by atoms with Crippen LogP contribution in [0.3, 0.4) is 0 Å². The summed E-state index contributed by atoms with van der Waals surface area (Å²) in [6.07, 6.45) is -1.38. The molecule has 8 nitrogen and oxygen atoms in total. The molecule has 6 atom stereocenters. The minimum Gasteiger partial charge on any atom is -0.443 e. The van der Waals surface area contributed by atoms with Crippen molar-refractivity contribution in [2.24, 2.45) is 4.99 Å². The molecule has 1 aromatic carbocycles. The summed E-state index contributed by atoms with van der Waals surface area (Å²) in [5.41, 5.74) is -0.343. The highest BCUT2D eigenvalue weighted by atomic mass is 32.2. The summed E-state index contributed by atoms with van der Waals surface area (Å²) in [7, 11) is 3.30.